The molecule has 554 valence electrons. The summed E-state index contributed by atoms with van der Waals surface area (Å²) in [6.07, 6.45) is 5.19. The molecule has 4 aromatic heterocycles. The van der Waals surface area contributed by atoms with Gasteiger partial charge in [-0.05, 0) is 155 Å². The van der Waals surface area contributed by atoms with E-state index in [9.17, 15) is 19.2 Å². The highest BCUT2D eigenvalue weighted by atomic mass is 16.8. The zero-order valence-corrected chi connectivity index (χ0v) is 60.9. The van der Waals surface area contributed by atoms with Crippen LogP contribution in [-0.4, -0.2) is 122 Å². The van der Waals surface area contributed by atoms with Gasteiger partial charge >= 0.3 is 24.2 Å². The van der Waals surface area contributed by atoms with Crippen molar-refractivity contribution in [3.8, 4) is 57.1 Å². The van der Waals surface area contributed by atoms with E-state index in [2.05, 4.69) is 91.5 Å². The highest BCUT2D eigenvalue weighted by Gasteiger charge is 2.42. The molecule has 0 bridgehead atoms. The Morgan fingerprint density at radius 1 is 0.459 bits per heavy atom. The van der Waals surface area contributed by atoms with Gasteiger partial charge in [-0.25, -0.2) is 23.9 Å². The van der Waals surface area contributed by atoms with Crippen molar-refractivity contribution in [2.45, 2.75) is 135 Å². The molecule has 0 radical (unpaired) electrons. The minimum absolute atomic E-state index is 0.163. The Bertz CT molecular complexity index is 5140. The number of carbonyl (C=O) groups excluding carboxylic acids is 4. The number of rotatable bonds is 24. The predicted octanol–water partition coefficient (Wildman–Crippen LogP) is 17.0. The minimum atomic E-state index is -1.17. The summed E-state index contributed by atoms with van der Waals surface area (Å²) in [5.41, 5.74) is 12.3. The van der Waals surface area contributed by atoms with Gasteiger partial charge in [-0.15, -0.1) is 15.3 Å². The van der Waals surface area contributed by atoms with Crippen molar-refractivity contribution in [3.63, 3.8) is 0 Å². The number of para-hydroxylation sites is 2. The van der Waals surface area contributed by atoms with Gasteiger partial charge in [0.05, 0.1) is 59.5 Å². The molecule has 2 fully saturated rings. The number of aromatic nitrogens is 12. The van der Waals surface area contributed by atoms with Gasteiger partial charge in [0.15, 0.2) is 5.82 Å². The zero-order chi connectivity index (χ0) is 75.1. The SMILES string of the molecule is CCOc1nc2cccc(C(=O)OC(C)OC(=O)OC3CCCCC3)c2n1Cc1ccc(-c2ccccc2-c2nn[nH]n2)cc1.CCOc1nc2cccc(C(=O)OC(C)OC(=O)OC3CCCCC3)c2n1Cc1ccc(-c2ccccc2-c2nnnn2C(c2ccccc2)(c2ccccc2)c2ccccc2)cc1. The first kappa shape index (κ1) is 73.1. The van der Waals surface area contributed by atoms with E-state index >= 15 is 0 Å². The maximum Gasteiger partial charge on any atom is 0.511 e. The number of hydrogen-bond donors (Lipinski definition) is 1. The lowest BCUT2D eigenvalue weighted by Crippen LogP contribution is -2.39. The van der Waals surface area contributed by atoms with Crippen LogP contribution in [0, 0.1) is 0 Å². The number of hydrogen-bond acceptors (Lipinski definition) is 20. The Labute approximate surface area is 629 Å². The van der Waals surface area contributed by atoms with E-state index in [0.717, 1.165) is 125 Å². The van der Waals surface area contributed by atoms with Gasteiger partial charge < -0.3 is 37.9 Å². The van der Waals surface area contributed by atoms with E-state index in [1.54, 1.807) is 24.3 Å². The van der Waals surface area contributed by atoms with Gasteiger partial charge in [-0.2, -0.15) is 15.2 Å². The van der Waals surface area contributed by atoms with Gasteiger partial charge in [0.2, 0.25) is 18.4 Å². The van der Waals surface area contributed by atoms with Crippen molar-refractivity contribution in [3.05, 3.63) is 263 Å². The van der Waals surface area contributed by atoms with E-state index in [-0.39, 0.29) is 23.3 Å². The number of carbonyl (C=O) groups is 4. The third-order valence-electron chi connectivity index (χ3n) is 19.4. The highest BCUT2D eigenvalue weighted by molar-refractivity contribution is 6.03. The first-order chi connectivity index (χ1) is 53.4. The van der Waals surface area contributed by atoms with Crippen LogP contribution in [0.15, 0.2) is 224 Å². The zero-order valence-electron chi connectivity index (χ0n) is 60.9. The first-order valence-corrected chi connectivity index (χ1v) is 36.9. The molecular formula is C85H82N12O12. The quantitative estimate of drug-likeness (QED) is 0.0255. The van der Waals surface area contributed by atoms with Gasteiger partial charge in [0, 0.05) is 25.0 Å². The topological polar surface area (TPSA) is 276 Å². The smallest absolute Gasteiger partial charge is 0.465 e. The number of imidazole rings is 2. The molecule has 2 aliphatic rings. The molecule has 0 spiro atoms. The third kappa shape index (κ3) is 16.4. The molecule has 0 amide bonds. The summed E-state index contributed by atoms with van der Waals surface area (Å²) < 4.78 is 50.1. The fourth-order valence-corrected chi connectivity index (χ4v) is 14.4. The summed E-state index contributed by atoms with van der Waals surface area (Å²) in [5.74, 6) is -0.210. The minimum Gasteiger partial charge on any atom is -0.465 e. The number of nitrogens with zero attached hydrogens (tertiary/aromatic N) is 11. The van der Waals surface area contributed by atoms with Gasteiger partial charge in [0.25, 0.3) is 12.0 Å². The van der Waals surface area contributed by atoms with Crippen LogP contribution >= 0.6 is 0 Å². The number of fused-ring (bicyclic) bond motifs is 2. The molecule has 15 rings (SSSR count). The van der Waals surface area contributed by atoms with Crippen molar-refractivity contribution >= 4 is 46.3 Å². The summed E-state index contributed by atoms with van der Waals surface area (Å²) >= 11 is 0. The van der Waals surface area contributed by atoms with Crippen molar-refractivity contribution in [1.82, 2.24) is 59.9 Å². The molecule has 109 heavy (non-hydrogen) atoms. The van der Waals surface area contributed by atoms with Crippen LogP contribution in [0.1, 0.15) is 140 Å². The van der Waals surface area contributed by atoms with Gasteiger partial charge in [-0.3, -0.25) is 9.13 Å². The largest absolute Gasteiger partial charge is 0.511 e. The Hall–Kier alpha value is -12.9. The molecule has 0 saturated heterocycles. The molecule has 4 heterocycles. The van der Waals surface area contributed by atoms with E-state index in [0.29, 0.717) is 72.0 Å². The lowest BCUT2D eigenvalue weighted by molar-refractivity contribution is -0.0929. The summed E-state index contributed by atoms with van der Waals surface area (Å²) in [5, 5.41) is 28.3. The standard InChI is InChI=1S/C52H48N6O6.C33H34N6O6/c1-3-61-50-53-46-30-18-29-45(49(59)62-36(2)63-51(60)64-42-25-14-7-15-26-42)47(46)57(50)35-37-31-33-38(34-32-37)43-27-16-17-28-44(43)48-54-55-56-58(48)52(39-19-8-4-9-20-39,40-21-10-5-11-22-40)41-23-12-6-13-24-41;1-3-42-32-34-28-15-9-14-27(31(40)43-21(2)44-33(41)45-24-10-5-4-6-11-24)29(28)39(32)20-22-16-18-23(19-17-22)25-12-7-8-13-26(25)30-35-37-38-36-30/h4-6,8-13,16-24,27-34,36,42H,3,7,14-15,25-26,35H2,1-2H3;7-9,12-19,21,24H,3-6,10-11,20H2,1-2H3,(H,35,36,37,38). The molecule has 2 saturated carbocycles. The fraction of sp³-hybridized carbons (Fsp3) is 0.271. The lowest BCUT2D eigenvalue weighted by atomic mass is 9.77. The summed E-state index contributed by atoms with van der Waals surface area (Å²) in [7, 11) is 0. The number of benzene rings is 9. The Morgan fingerprint density at radius 2 is 0.872 bits per heavy atom. The molecular weight excluding hydrogens is 1380 g/mol. The summed E-state index contributed by atoms with van der Waals surface area (Å²) in [6, 6.07) is 74.5. The maximum absolute atomic E-state index is 13.7. The predicted molar refractivity (Wildman–Crippen MR) is 407 cm³/mol. The lowest BCUT2D eigenvalue weighted by Gasteiger charge is -2.36. The molecule has 1 N–H and O–H groups in total. The average molecular weight is 1460 g/mol. The van der Waals surface area contributed by atoms with E-state index in [1.165, 1.54) is 13.8 Å². The van der Waals surface area contributed by atoms with Crippen LogP contribution in [0.3, 0.4) is 0 Å². The second-order valence-electron chi connectivity index (χ2n) is 26.6. The van der Waals surface area contributed by atoms with Crippen molar-refractivity contribution in [2.24, 2.45) is 0 Å². The monoisotopic (exact) mass is 1460 g/mol. The van der Waals surface area contributed by atoms with Gasteiger partial charge in [-0.1, -0.05) is 213 Å². The van der Waals surface area contributed by atoms with Crippen molar-refractivity contribution in [1.29, 1.82) is 0 Å². The number of aromatic amines is 1. The summed E-state index contributed by atoms with van der Waals surface area (Å²) in [4.78, 5) is 61.3. The third-order valence-corrected chi connectivity index (χ3v) is 19.4. The number of ether oxygens (including phenoxy) is 8. The maximum atomic E-state index is 13.7. The molecule has 24 nitrogen and oxygen atoms in total. The van der Waals surface area contributed by atoms with Crippen molar-refractivity contribution < 1.29 is 57.1 Å². The highest BCUT2D eigenvalue weighted by Crippen LogP contribution is 2.44. The van der Waals surface area contributed by atoms with Crippen LogP contribution in [0.2, 0.25) is 0 Å². The van der Waals surface area contributed by atoms with Crippen LogP contribution in [0.25, 0.3) is 67.1 Å². The Balaban J connectivity index is 0.000000194. The molecule has 24 heteroatoms. The van der Waals surface area contributed by atoms with Crippen LogP contribution < -0.4 is 9.47 Å². The molecule has 13 aromatic rings. The van der Waals surface area contributed by atoms with Crippen molar-refractivity contribution in [2.75, 3.05) is 13.2 Å². The molecule has 0 aliphatic heterocycles. The van der Waals surface area contributed by atoms with E-state index in [1.807, 2.05) is 167 Å². The Kier molecular flexibility index (Phi) is 22.9. The Morgan fingerprint density at radius 3 is 1.29 bits per heavy atom. The van der Waals surface area contributed by atoms with E-state index in [4.69, 9.17) is 53.2 Å². The van der Waals surface area contributed by atoms with Crippen LogP contribution in [0.5, 0.6) is 12.0 Å². The first-order valence-electron chi connectivity index (χ1n) is 36.9. The second kappa shape index (κ2) is 34.1. The number of H-pyrrole nitrogens is 1. The number of esters is 2. The molecule has 2 aliphatic carbocycles. The van der Waals surface area contributed by atoms with Gasteiger partial charge in [0.1, 0.15) is 17.7 Å². The molecule has 2 atom stereocenters. The normalized spacial score (nSPS) is 13.8. The van der Waals surface area contributed by atoms with E-state index < -0.39 is 42.4 Å². The number of nitrogens with one attached hydrogen (secondary N) is 1. The number of tetrazole rings is 2. The summed E-state index contributed by atoms with van der Waals surface area (Å²) in [6.45, 7) is 8.22. The average Bonchev–Trinajstić information content (AvgIpc) is 1.71. The van der Waals surface area contributed by atoms with Crippen LogP contribution in [0.4, 0.5) is 9.59 Å². The van der Waals surface area contributed by atoms with Crippen LogP contribution in [-0.2, 0) is 47.0 Å². The molecule has 9 aromatic carbocycles. The second-order valence-corrected chi connectivity index (χ2v) is 26.6. The molecule has 2 unspecified atom stereocenters. The fourth-order valence-electron chi connectivity index (χ4n) is 14.4.